The lowest BCUT2D eigenvalue weighted by Crippen LogP contribution is -2.19. The number of hydrogen-bond acceptors (Lipinski definition) is 8. The van der Waals surface area contributed by atoms with Crippen molar-refractivity contribution < 1.29 is 14.3 Å². The highest BCUT2D eigenvalue weighted by Crippen LogP contribution is 2.39. The highest BCUT2D eigenvalue weighted by molar-refractivity contribution is 5.81. The maximum absolute atomic E-state index is 10.6. The standard InChI is InChI=1S/C23H29N7O2.C4H8.CH3NO/c1-15(25)20(11-22(26)27-14-31)28-19-10-6-9-17(23(19)32-2)18-13-30(29-21(18)12-24)16-7-4-3-5-8-16;1-4-2-3-4;2-1-3/h6,9-11,13-14,16,28H,3-5,7-8,25-26H2,1-2H3,(H,27,31);4H,2-3H2,1H3;1H,(H2,2,3)/b20-15+,22-11+;;. The average Bonchev–Trinajstić information content (AvgIpc) is 3.59. The summed E-state index contributed by atoms with van der Waals surface area (Å²) < 4.78 is 7.65. The van der Waals surface area contributed by atoms with Crippen LogP contribution in [0.1, 0.15) is 70.5 Å². The quantitative estimate of drug-likeness (QED) is 0.250. The molecule has 2 aliphatic rings. The first-order valence-corrected chi connectivity index (χ1v) is 13.0. The van der Waals surface area contributed by atoms with E-state index in [1.165, 1.54) is 38.2 Å². The predicted octanol–water partition coefficient (Wildman–Crippen LogP) is 3.60. The summed E-state index contributed by atoms with van der Waals surface area (Å²) in [6.45, 7) is 3.99. The van der Waals surface area contributed by atoms with E-state index in [2.05, 4.69) is 34.5 Å². The summed E-state index contributed by atoms with van der Waals surface area (Å²) >= 11 is 0. The monoisotopic (exact) mass is 536 g/mol. The van der Waals surface area contributed by atoms with E-state index < -0.39 is 0 Å². The molecule has 0 radical (unpaired) electrons. The Labute approximate surface area is 230 Å². The van der Waals surface area contributed by atoms with Crippen LogP contribution in [-0.4, -0.2) is 29.7 Å². The van der Waals surface area contributed by atoms with Crippen LogP contribution in [0.15, 0.2) is 47.7 Å². The predicted molar refractivity (Wildman–Crippen MR) is 152 cm³/mol. The van der Waals surface area contributed by atoms with Crippen LogP contribution >= 0.6 is 0 Å². The molecule has 0 unspecified atom stereocenters. The largest absolute Gasteiger partial charge is 0.494 e. The van der Waals surface area contributed by atoms with Gasteiger partial charge in [0.15, 0.2) is 5.69 Å². The van der Waals surface area contributed by atoms with E-state index in [-0.39, 0.29) is 12.2 Å². The van der Waals surface area contributed by atoms with Crippen LogP contribution in [0, 0.1) is 17.2 Å². The molecule has 2 amide bonds. The van der Waals surface area contributed by atoms with E-state index >= 15 is 0 Å². The molecule has 0 saturated heterocycles. The maximum atomic E-state index is 10.6. The fourth-order valence-electron chi connectivity index (χ4n) is 4.10. The number of allylic oxidation sites excluding steroid dienone is 2. The van der Waals surface area contributed by atoms with Crippen LogP contribution in [-0.2, 0) is 9.59 Å². The minimum absolute atomic E-state index is 0.142. The molecule has 8 N–H and O–H groups in total. The number of nitrogens with two attached hydrogens (primary N) is 3. The number of nitrogens with zero attached hydrogens (tertiary/aromatic N) is 3. The second kappa shape index (κ2) is 15.7. The zero-order valence-electron chi connectivity index (χ0n) is 22.9. The van der Waals surface area contributed by atoms with Gasteiger partial charge >= 0.3 is 0 Å². The zero-order valence-corrected chi connectivity index (χ0v) is 22.9. The van der Waals surface area contributed by atoms with Crippen LogP contribution in [0.25, 0.3) is 11.1 Å². The lowest BCUT2D eigenvalue weighted by molar-refractivity contribution is -0.109. The summed E-state index contributed by atoms with van der Waals surface area (Å²) in [5.41, 5.74) is 19.4. The van der Waals surface area contributed by atoms with E-state index in [0.29, 0.717) is 46.5 Å². The first-order chi connectivity index (χ1) is 18.8. The summed E-state index contributed by atoms with van der Waals surface area (Å²) in [7, 11) is 1.57. The zero-order chi connectivity index (χ0) is 28.8. The van der Waals surface area contributed by atoms with Gasteiger partial charge in [0.25, 0.3) is 0 Å². The van der Waals surface area contributed by atoms with Crippen molar-refractivity contribution in [1.29, 1.82) is 5.26 Å². The first-order valence-electron chi connectivity index (χ1n) is 13.0. The van der Waals surface area contributed by atoms with Crippen LogP contribution in [0.4, 0.5) is 5.69 Å². The van der Waals surface area contributed by atoms with Crippen molar-refractivity contribution in [2.45, 2.75) is 64.8 Å². The molecule has 2 aliphatic carbocycles. The second-order valence-electron chi connectivity index (χ2n) is 9.56. The van der Waals surface area contributed by atoms with Crippen molar-refractivity contribution in [3.63, 3.8) is 0 Å². The number of nitrogens with one attached hydrogen (secondary N) is 2. The molecule has 2 saturated carbocycles. The molecule has 0 atom stereocenters. The van der Waals surface area contributed by atoms with E-state index in [1.54, 1.807) is 14.0 Å². The Balaban J connectivity index is 0.000000670. The number of rotatable bonds is 8. The molecule has 1 aromatic carbocycles. The van der Waals surface area contributed by atoms with Crippen molar-refractivity contribution in [2.24, 2.45) is 23.1 Å². The van der Waals surface area contributed by atoms with Gasteiger partial charge in [0, 0.05) is 29.1 Å². The molecule has 2 fully saturated rings. The minimum Gasteiger partial charge on any atom is -0.494 e. The van der Waals surface area contributed by atoms with Gasteiger partial charge in [0.2, 0.25) is 12.8 Å². The fourth-order valence-corrected chi connectivity index (χ4v) is 4.10. The molecule has 11 nitrogen and oxygen atoms in total. The third-order valence-corrected chi connectivity index (χ3v) is 6.38. The van der Waals surface area contributed by atoms with Gasteiger partial charge < -0.3 is 32.6 Å². The molecule has 0 spiro atoms. The first kappa shape index (κ1) is 30.8. The Morgan fingerprint density at radius 2 is 1.79 bits per heavy atom. The van der Waals surface area contributed by atoms with Crippen LogP contribution in [0.3, 0.4) is 0 Å². The lowest BCUT2D eigenvalue weighted by Gasteiger charge is -2.21. The molecule has 0 bridgehead atoms. The van der Waals surface area contributed by atoms with E-state index in [0.717, 1.165) is 24.3 Å². The summed E-state index contributed by atoms with van der Waals surface area (Å²) in [4.78, 5) is 19.2. The van der Waals surface area contributed by atoms with Gasteiger partial charge in [-0.25, -0.2) is 0 Å². The Kier molecular flexibility index (Phi) is 12.4. The van der Waals surface area contributed by atoms with Crippen molar-refractivity contribution in [1.82, 2.24) is 15.1 Å². The maximum Gasteiger partial charge on any atom is 0.212 e. The number of carbonyl (C=O) groups is 2. The number of anilines is 1. The summed E-state index contributed by atoms with van der Waals surface area (Å²) in [5.74, 6) is 1.77. The minimum atomic E-state index is 0.142. The Hall–Kier alpha value is -4.46. The van der Waals surface area contributed by atoms with Gasteiger partial charge in [0.1, 0.15) is 17.6 Å². The molecule has 1 aromatic heterocycles. The lowest BCUT2D eigenvalue weighted by atomic mass is 9.96. The Morgan fingerprint density at radius 3 is 2.31 bits per heavy atom. The van der Waals surface area contributed by atoms with Crippen molar-refractivity contribution >= 4 is 18.5 Å². The van der Waals surface area contributed by atoms with E-state index in [4.69, 9.17) is 21.0 Å². The molecule has 1 heterocycles. The molecule has 39 heavy (non-hydrogen) atoms. The summed E-state index contributed by atoms with van der Waals surface area (Å²) in [6, 6.07) is 8.12. The molecule has 4 rings (SSSR count). The van der Waals surface area contributed by atoms with Gasteiger partial charge in [-0.1, -0.05) is 51.2 Å². The molecule has 0 aliphatic heterocycles. The number of amides is 2. The normalized spacial score (nSPS) is 15.7. The number of ether oxygens (including phenoxy) is 1. The molecule has 210 valence electrons. The number of carbonyl (C=O) groups excluding carboxylic acids is 2. The SMILES string of the molecule is CC1CC1.COc1c(NC(/C=C(\N)NC=O)=C(\C)N)cccc1-c1cn(C2CCCCC2)nc1C#N.NC=O. The third kappa shape index (κ3) is 9.41. The van der Waals surface area contributed by atoms with Crippen molar-refractivity contribution in [2.75, 3.05) is 12.4 Å². The van der Waals surface area contributed by atoms with Gasteiger partial charge in [-0.2, -0.15) is 10.4 Å². The molecular weight excluding hydrogens is 496 g/mol. The van der Waals surface area contributed by atoms with Crippen LogP contribution < -0.4 is 32.6 Å². The number of methoxy groups -OCH3 is 1. The van der Waals surface area contributed by atoms with Gasteiger partial charge in [-0.15, -0.1) is 0 Å². The fraction of sp³-hybridized carbons (Fsp3) is 0.429. The van der Waals surface area contributed by atoms with E-state index in [1.807, 2.05) is 29.1 Å². The Bertz CT molecular complexity index is 1200. The molecule has 11 heteroatoms. The van der Waals surface area contributed by atoms with Crippen molar-refractivity contribution in [3.8, 4) is 22.9 Å². The summed E-state index contributed by atoms with van der Waals surface area (Å²) in [6.07, 6.45) is 12.9. The number of para-hydroxylation sites is 1. The Morgan fingerprint density at radius 1 is 1.15 bits per heavy atom. The highest BCUT2D eigenvalue weighted by atomic mass is 16.5. The second-order valence-corrected chi connectivity index (χ2v) is 9.56. The molecule has 2 aromatic rings. The van der Waals surface area contributed by atoms with Gasteiger partial charge in [-0.3, -0.25) is 14.3 Å². The van der Waals surface area contributed by atoms with Gasteiger partial charge in [0.05, 0.1) is 24.5 Å². The third-order valence-electron chi connectivity index (χ3n) is 6.38. The smallest absolute Gasteiger partial charge is 0.212 e. The van der Waals surface area contributed by atoms with E-state index in [9.17, 15) is 10.1 Å². The number of aromatic nitrogens is 2. The molecular formula is C28H40N8O3. The van der Waals surface area contributed by atoms with Crippen molar-refractivity contribution in [3.05, 3.63) is 53.4 Å². The number of nitriles is 1. The topological polar surface area (TPSA) is 187 Å². The van der Waals surface area contributed by atoms with Crippen LogP contribution in [0.5, 0.6) is 5.75 Å². The number of primary amides is 1. The number of benzene rings is 1. The highest BCUT2D eigenvalue weighted by Gasteiger charge is 2.22. The van der Waals surface area contributed by atoms with Crippen LogP contribution in [0.2, 0.25) is 0 Å². The van der Waals surface area contributed by atoms with Gasteiger partial charge in [-0.05, 0) is 31.7 Å². The average molecular weight is 537 g/mol. The number of hydrogen-bond donors (Lipinski definition) is 5. The summed E-state index contributed by atoms with van der Waals surface area (Å²) in [5, 5.41) is 19.9.